The van der Waals surface area contributed by atoms with Crippen LogP contribution in [0.3, 0.4) is 0 Å². The molecule has 25 heteroatoms. The Bertz CT molecular complexity index is 2230. The summed E-state index contributed by atoms with van der Waals surface area (Å²) in [5.41, 5.74) is -0.704. The van der Waals surface area contributed by atoms with Crippen molar-refractivity contribution in [3.63, 3.8) is 0 Å². The number of aliphatic hydroxyl groups is 2. The molecule has 2 aliphatic rings. The van der Waals surface area contributed by atoms with Gasteiger partial charge in [0.05, 0.1) is 57.9 Å². The molecule has 2 fully saturated rings. The first-order valence-electron chi connectivity index (χ1n) is 19.8. The lowest BCUT2D eigenvalue weighted by Crippen LogP contribution is -2.49. The van der Waals surface area contributed by atoms with Crippen molar-refractivity contribution in [1.29, 1.82) is 0 Å². The number of anilines is 2. The number of aliphatic carboxylic acids is 1. The van der Waals surface area contributed by atoms with Crippen LogP contribution in [0.2, 0.25) is 20.1 Å². The fourth-order valence-electron chi connectivity index (χ4n) is 6.71. The molecule has 0 bridgehead atoms. The topological polar surface area (TPSA) is 171 Å². The summed E-state index contributed by atoms with van der Waals surface area (Å²) in [6, 6.07) is 11.3. The Hall–Kier alpha value is -4.38. The maximum absolute atomic E-state index is 13.2. The van der Waals surface area contributed by atoms with Gasteiger partial charge in [0, 0.05) is 88.7 Å². The van der Waals surface area contributed by atoms with Crippen LogP contribution in [0, 0.1) is 0 Å². The zero-order valence-corrected chi connectivity index (χ0v) is 38.5. The molecule has 0 saturated carbocycles. The van der Waals surface area contributed by atoms with E-state index in [4.69, 9.17) is 61.0 Å². The summed E-state index contributed by atoms with van der Waals surface area (Å²) >= 11 is 23.5. The number of nitrogens with one attached hydrogen (secondary N) is 1. The molecule has 2 aromatic carbocycles. The van der Waals surface area contributed by atoms with Crippen molar-refractivity contribution in [2.24, 2.45) is 0 Å². The smallest absolute Gasteiger partial charge is 0.436 e. The molecule has 1 amide bonds. The van der Waals surface area contributed by atoms with E-state index in [1.165, 1.54) is 26.6 Å². The summed E-state index contributed by atoms with van der Waals surface area (Å²) in [5.74, 6) is -0.440. The molecule has 2 aliphatic heterocycles. The number of carbonyl (C=O) groups is 2. The third-order valence-corrected chi connectivity index (χ3v) is 11.2. The summed E-state index contributed by atoms with van der Waals surface area (Å²) < 4.78 is 89.3. The Kier molecular flexibility index (Phi) is 19.1. The first-order valence-corrected chi connectivity index (χ1v) is 21.3. The van der Waals surface area contributed by atoms with Crippen molar-refractivity contribution in [2.75, 3.05) is 76.4 Å². The van der Waals surface area contributed by atoms with Gasteiger partial charge >= 0.3 is 18.3 Å². The SMILES string of the molecule is CC(O)Cc1c(Cl)c(C(F)(F)F)nn1CC(=O)O.COc1cc(N2CCN(C(=O)Cn3nc(C(F)(F)F)c(Cl)c3CC(C)O)CC2)ccc1Cl.COc1cc(N2CCNCC2)ccc1Cl. The number of amides is 1. The number of hydrogen-bond donors (Lipinski definition) is 4. The Morgan fingerprint density at radius 1 is 0.692 bits per heavy atom. The number of aromatic nitrogens is 4. The van der Waals surface area contributed by atoms with E-state index >= 15 is 0 Å². The van der Waals surface area contributed by atoms with Crippen LogP contribution in [0.5, 0.6) is 11.5 Å². The summed E-state index contributed by atoms with van der Waals surface area (Å²) in [5, 5.41) is 37.3. The van der Waals surface area contributed by atoms with E-state index < -0.39 is 65.1 Å². The lowest BCUT2D eigenvalue weighted by atomic mass is 10.2. The van der Waals surface area contributed by atoms with E-state index in [1.54, 1.807) is 18.1 Å². The minimum atomic E-state index is -4.77. The monoisotopic (exact) mass is 1010 g/mol. The first-order chi connectivity index (χ1) is 30.4. The molecule has 65 heavy (non-hydrogen) atoms. The van der Waals surface area contributed by atoms with Gasteiger partial charge in [-0.1, -0.05) is 46.4 Å². The molecule has 4 N–H and O–H groups in total. The second-order valence-electron chi connectivity index (χ2n) is 14.8. The number of piperazine rings is 2. The molecule has 4 aromatic rings. The lowest BCUT2D eigenvalue weighted by Gasteiger charge is -2.36. The number of ether oxygens (including phenoxy) is 2. The minimum absolute atomic E-state index is 0.0192. The molecule has 0 radical (unpaired) electrons. The van der Waals surface area contributed by atoms with Gasteiger partial charge in [-0.25, -0.2) is 0 Å². The summed E-state index contributed by atoms with van der Waals surface area (Å²) in [6.07, 6.45) is -11.8. The number of carbonyl (C=O) groups excluding carboxylic acids is 1. The number of rotatable bonds is 12. The molecular weight excluding hydrogens is 960 g/mol. The molecule has 2 saturated heterocycles. The van der Waals surface area contributed by atoms with Crippen molar-refractivity contribution in [1.82, 2.24) is 29.8 Å². The van der Waals surface area contributed by atoms with Crippen LogP contribution >= 0.6 is 46.4 Å². The Morgan fingerprint density at radius 3 is 1.46 bits per heavy atom. The van der Waals surface area contributed by atoms with E-state index in [9.17, 15) is 46.1 Å². The predicted molar refractivity (Wildman–Crippen MR) is 233 cm³/mol. The Morgan fingerprint density at radius 2 is 1.09 bits per heavy atom. The van der Waals surface area contributed by atoms with Crippen LogP contribution in [-0.4, -0.2) is 130 Å². The highest BCUT2D eigenvalue weighted by Crippen LogP contribution is 2.38. The van der Waals surface area contributed by atoms with Crippen LogP contribution in [0.15, 0.2) is 36.4 Å². The van der Waals surface area contributed by atoms with Gasteiger partial charge in [0.25, 0.3) is 0 Å². The van der Waals surface area contributed by atoms with Gasteiger partial charge in [-0.15, -0.1) is 0 Å². The molecule has 2 aromatic heterocycles. The zero-order valence-electron chi connectivity index (χ0n) is 35.5. The number of carboxylic acid groups (broad SMARTS) is 1. The molecule has 360 valence electrons. The van der Waals surface area contributed by atoms with E-state index in [0.29, 0.717) is 46.7 Å². The van der Waals surface area contributed by atoms with Crippen LogP contribution in [0.25, 0.3) is 0 Å². The largest absolute Gasteiger partial charge is 0.495 e. The summed E-state index contributed by atoms with van der Waals surface area (Å²) in [6.45, 7) is 7.59. The van der Waals surface area contributed by atoms with Crippen LogP contribution < -0.4 is 24.6 Å². The lowest BCUT2D eigenvalue weighted by molar-refractivity contribution is -0.143. The average molecular weight is 1010 g/mol. The van der Waals surface area contributed by atoms with Gasteiger partial charge in [0.1, 0.15) is 24.6 Å². The number of benzene rings is 2. The van der Waals surface area contributed by atoms with Crippen LogP contribution in [0.4, 0.5) is 37.7 Å². The fourth-order valence-corrected chi connectivity index (χ4v) is 7.74. The number of halogens is 10. The Labute approximate surface area is 390 Å². The first kappa shape index (κ1) is 53.2. The summed E-state index contributed by atoms with van der Waals surface area (Å²) in [4.78, 5) is 29.3. The second-order valence-corrected chi connectivity index (χ2v) is 16.3. The molecule has 0 spiro atoms. The van der Waals surface area contributed by atoms with Crippen molar-refractivity contribution in [3.05, 3.63) is 79.3 Å². The fraction of sp³-hybridized carbons (Fsp3) is 0.500. The Balaban J connectivity index is 0.000000236. The van der Waals surface area contributed by atoms with Gasteiger partial charge in [0.15, 0.2) is 11.4 Å². The molecule has 6 rings (SSSR count). The van der Waals surface area contributed by atoms with E-state index in [-0.39, 0.29) is 30.1 Å². The number of alkyl halides is 6. The van der Waals surface area contributed by atoms with Gasteiger partial charge < -0.3 is 44.8 Å². The van der Waals surface area contributed by atoms with Crippen LogP contribution in [0.1, 0.15) is 36.6 Å². The van der Waals surface area contributed by atoms with Crippen molar-refractivity contribution >= 4 is 69.7 Å². The average Bonchev–Trinajstić information content (AvgIpc) is 3.72. The normalized spacial score (nSPS) is 15.4. The van der Waals surface area contributed by atoms with Crippen molar-refractivity contribution < 1.29 is 60.7 Å². The molecule has 4 heterocycles. The number of aliphatic hydroxyl groups excluding tert-OH is 2. The van der Waals surface area contributed by atoms with Crippen LogP contribution in [-0.2, 0) is 47.9 Å². The minimum Gasteiger partial charge on any atom is -0.495 e. The predicted octanol–water partition coefficient (Wildman–Crippen LogP) is 6.81. The highest BCUT2D eigenvalue weighted by molar-refractivity contribution is 6.33. The van der Waals surface area contributed by atoms with E-state index in [1.807, 2.05) is 30.3 Å². The molecular formula is C40H48Cl4F6N8O7. The van der Waals surface area contributed by atoms with Gasteiger partial charge in [0.2, 0.25) is 5.91 Å². The number of carboxylic acids is 1. The van der Waals surface area contributed by atoms with Gasteiger partial charge in [-0.2, -0.15) is 36.5 Å². The standard InChI is InChI=1S/C20H23Cl2F3N4O3.C11H15ClN2O.C9H10ClF3N2O3/c1-12(30)9-15-18(22)19(20(23,24)25)26-29(15)11-17(31)28-7-5-27(6-8-28)13-3-4-14(21)16(10-13)32-2;1-15-11-8-9(2-3-10(11)12)14-6-4-13-5-7-14;1-4(16)2-5-7(10)8(9(11,12)13)14-15(5)3-6(17)18/h3-4,10,12,30H,5-9,11H2,1-2H3;2-3,8,13H,4-7H2,1H3;4,16H,2-3H2,1H3,(H,17,18). The molecule has 2 atom stereocenters. The molecule has 15 nitrogen and oxygen atoms in total. The quantitative estimate of drug-likeness (QED) is 0.110. The third-order valence-electron chi connectivity index (χ3n) is 9.82. The highest BCUT2D eigenvalue weighted by Gasteiger charge is 2.40. The van der Waals surface area contributed by atoms with Crippen molar-refractivity contribution in [3.8, 4) is 11.5 Å². The molecule has 0 aliphatic carbocycles. The highest BCUT2D eigenvalue weighted by atomic mass is 35.5. The maximum atomic E-state index is 13.2. The third kappa shape index (κ3) is 14.8. The zero-order chi connectivity index (χ0) is 48.4. The second kappa shape index (κ2) is 23.4. The number of methoxy groups -OCH3 is 2. The number of nitrogens with zero attached hydrogens (tertiary/aromatic N) is 7. The maximum Gasteiger partial charge on any atom is 0.436 e. The summed E-state index contributed by atoms with van der Waals surface area (Å²) in [7, 11) is 3.17. The number of hydrogen-bond acceptors (Lipinski definition) is 11. The molecule has 2 unspecified atom stereocenters. The van der Waals surface area contributed by atoms with Gasteiger partial charge in [-0.3, -0.25) is 19.0 Å². The van der Waals surface area contributed by atoms with Gasteiger partial charge in [-0.05, 0) is 38.1 Å². The van der Waals surface area contributed by atoms with Crippen molar-refractivity contribution in [2.45, 2.75) is 64.3 Å². The van der Waals surface area contributed by atoms with E-state index in [0.717, 1.165) is 42.3 Å². The van der Waals surface area contributed by atoms with E-state index in [2.05, 4.69) is 25.3 Å².